The number of Topliss-reactive ketones (excluding diaryl/α,β-unsaturated/α-hetero) is 1. The molecule has 1 fully saturated rings. The summed E-state index contributed by atoms with van der Waals surface area (Å²) >= 11 is 5.82. The van der Waals surface area contributed by atoms with Crippen LogP contribution in [-0.4, -0.2) is 43.2 Å². The number of halogens is 1. The van der Waals surface area contributed by atoms with Crippen LogP contribution in [-0.2, 0) is 19.6 Å². The highest BCUT2D eigenvalue weighted by Gasteiger charge is 2.41. The summed E-state index contributed by atoms with van der Waals surface area (Å²) in [5.74, 6) is -1.05. The third kappa shape index (κ3) is 4.27. The van der Waals surface area contributed by atoms with Crippen LogP contribution in [0.2, 0.25) is 5.02 Å². The minimum absolute atomic E-state index is 0.0602. The van der Waals surface area contributed by atoms with E-state index in [2.05, 4.69) is 0 Å². The van der Waals surface area contributed by atoms with Gasteiger partial charge >= 0.3 is 5.97 Å². The summed E-state index contributed by atoms with van der Waals surface area (Å²) < 4.78 is 32.3. The number of carbonyl (C=O) groups is 2. The molecule has 0 N–H and O–H groups in total. The normalized spacial score (nSPS) is 18.6. The Labute approximate surface area is 169 Å². The van der Waals surface area contributed by atoms with Gasteiger partial charge in [-0.05, 0) is 44.0 Å². The van der Waals surface area contributed by atoms with E-state index in [-0.39, 0.29) is 17.2 Å². The quantitative estimate of drug-likeness (QED) is 0.528. The number of rotatable bonds is 6. The first kappa shape index (κ1) is 20.5. The molecule has 2 aromatic rings. The molecule has 3 rings (SSSR count). The van der Waals surface area contributed by atoms with Crippen molar-refractivity contribution in [3.63, 3.8) is 0 Å². The maximum atomic E-state index is 12.9. The van der Waals surface area contributed by atoms with Gasteiger partial charge in [0.15, 0.2) is 6.10 Å². The van der Waals surface area contributed by atoms with Crippen LogP contribution in [0.3, 0.4) is 0 Å². The lowest BCUT2D eigenvalue weighted by molar-refractivity contribution is -0.150. The van der Waals surface area contributed by atoms with Crippen LogP contribution in [0.4, 0.5) is 0 Å². The second kappa shape index (κ2) is 8.43. The van der Waals surface area contributed by atoms with Gasteiger partial charge < -0.3 is 4.74 Å². The van der Waals surface area contributed by atoms with Gasteiger partial charge in [-0.3, -0.25) is 9.59 Å². The Hall–Kier alpha value is -2.22. The molecule has 28 heavy (non-hydrogen) atoms. The van der Waals surface area contributed by atoms with Crippen LogP contribution in [0.5, 0.6) is 0 Å². The predicted octanol–water partition coefficient (Wildman–Crippen LogP) is 3.31. The second-order valence-corrected chi connectivity index (χ2v) is 8.86. The molecule has 0 aromatic heterocycles. The van der Waals surface area contributed by atoms with Crippen LogP contribution < -0.4 is 0 Å². The lowest BCUT2D eigenvalue weighted by atomic mass is 10.1. The number of nitrogens with zero attached hydrogens (tertiary/aromatic N) is 1. The number of benzene rings is 2. The van der Waals surface area contributed by atoms with Crippen molar-refractivity contribution in [2.75, 3.05) is 6.54 Å². The Morgan fingerprint density at radius 1 is 1.11 bits per heavy atom. The van der Waals surface area contributed by atoms with Gasteiger partial charge in [0.2, 0.25) is 15.8 Å². The molecule has 0 radical (unpaired) electrons. The van der Waals surface area contributed by atoms with E-state index >= 15 is 0 Å². The standard InChI is InChI=1S/C20H20ClNO5S/c1-14(19(23)15-6-3-2-4-7-15)27-20(24)18-8-5-13-22(18)28(25,26)17-11-9-16(21)10-12-17/h2-4,6-7,9-12,14,18H,5,8,13H2,1H3/t14-,18+/m1/s1. The fourth-order valence-electron chi connectivity index (χ4n) is 3.15. The van der Waals surface area contributed by atoms with Gasteiger partial charge in [0.05, 0.1) is 4.90 Å². The van der Waals surface area contributed by atoms with Gasteiger partial charge in [-0.2, -0.15) is 4.31 Å². The molecule has 0 amide bonds. The maximum Gasteiger partial charge on any atom is 0.325 e. The first-order chi connectivity index (χ1) is 13.3. The molecule has 0 unspecified atom stereocenters. The molecular formula is C20H20ClNO5S. The lowest BCUT2D eigenvalue weighted by Gasteiger charge is -2.24. The molecule has 0 aliphatic carbocycles. The highest BCUT2D eigenvalue weighted by atomic mass is 35.5. The van der Waals surface area contributed by atoms with Crippen molar-refractivity contribution < 1.29 is 22.7 Å². The molecule has 148 valence electrons. The Kier molecular flexibility index (Phi) is 6.17. The van der Waals surface area contributed by atoms with Crippen LogP contribution in [0.15, 0.2) is 59.5 Å². The minimum Gasteiger partial charge on any atom is -0.453 e. The zero-order chi connectivity index (χ0) is 20.3. The van der Waals surface area contributed by atoms with Crippen molar-refractivity contribution in [3.05, 3.63) is 65.2 Å². The van der Waals surface area contributed by atoms with Crippen LogP contribution >= 0.6 is 11.6 Å². The minimum atomic E-state index is -3.87. The zero-order valence-corrected chi connectivity index (χ0v) is 16.8. The van der Waals surface area contributed by atoms with Gasteiger partial charge in [-0.1, -0.05) is 41.9 Å². The maximum absolute atomic E-state index is 12.9. The van der Waals surface area contributed by atoms with Gasteiger partial charge in [0.25, 0.3) is 0 Å². The van der Waals surface area contributed by atoms with E-state index in [1.165, 1.54) is 31.2 Å². The van der Waals surface area contributed by atoms with Crippen LogP contribution in [0, 0.1) is 0 Å². The number of hydrogen-bond acceptors (Lipinski definition) is 5. The van der Waals surface area contributed by atoms with E-state index in [1.807, 2.05) is 0 Å². The Morgan fingerprint density at radius 3 is 2.39 bits per heavy atom. The highest BCUT2D eigenvalue weighted by Crippen LogP contribution is 2.28. The SMILES string of the molecule is C[C@@H](OC(=O)[C@@H]1CCCN1S(=O)(=O)c1ccc(Cl)cc1)C(=O)c1ccccc1. The zero-order valence-electron chi connectivity index (χ0n) is 15.2. The van der Waals surface area contributed by atoms with Crippen LogP contribution in [0.1, 0.15) is 30.1 Å². The number of ketones is 1. The summed E-state index contributed by atoms with van der Waals surface area (Å²) in [6.45, 7) is 1.70. The van der Waals surface area contributed by atoms with Gasteiger partial charge in [0, 0.05) is 17.1 Å². The van der Waals surface area contributed by atoms with Gasteiger partial charge in [-0.25, -0.2) is 8.42 Å². The van der Waals surface area contributed by atoms with Crippen molar-refractivity contribution in [1.29, 1.82) is 0 Å². The fourth-order valence-corrected chi connectivity index (χ4v) is 4.92. The average molecular weight is 422 g/mol. The summed E-state index contributed by atoms with van der Waals surface area (Å²) in [7, 11) is -3.87. The Balaban J connectivity index is 1.74. The monoisotopic (exact) mass is 421 g/mol. The van der Waals surface area contributed by atoms with Crippen LogP contribution in [0.25, 0.3) is 0 Å². The third-order valence-corrected chi connectivity index (χ3v) is 6.79. The molecule has 0 spiro atoms. The van der Waals surface area contributed by atoms with Crippen molar-refractivity contribution in [1.82, 2.24) is 4.31 Å². The lowest BCUT2D eigenvalue weighted by Crippen LogP contribution is -2.43. The topological polar surface area (TPSA) is 80.8 Å². The van der Waals surface area contributed by atoms with E-state index in [4.69, 9.17) is 16.3 Å². The molecule has 1 heterocycles. The van der Waals surface area contributed by atoms with E-state index in [0.29, 0.717) is 23.4 Å². The first-order valence-corrected chi connectivity index (χ1v) is 10.7. The molecule has 8 heteroatoms. The molecule has 1 aliphatic heterocycles. The second-order valence-electron chi connectivity index (χ2n) is 6.54. The van der Waals surface area contributed by atoms with Crippen molar-refractivity contribution in [2.24, 2.45) is 0 Å². The van der Waals surface area contributed by atoms with Crippen molar-refractivity contribution in [2.45, 2.75) is 36.8 Å². The summed E-state index contributed by atoms with van der Waals surface area (Å²) in [5, 5.41) is 0.421. The number of ether oxygens (including phenoxy) is 1. The van der Waals surface area contributed by atoms with E-state index in [1.54, 1.807) is 30.3 Å². The third-order valence-electron chi connectivity index (χ3n) is 4.62. The smallest absolute Gasteiger partial charge is 0.325 e. The molecule has 0 saturated carbocycles. The van der Waals surface area contributed by atoms with Gasteiger partial charge in [0.1, 0.15) is 6.04 Å². The number of hydrogen-bond donors (Lipinski definition) is 0. The number of esters is 1. The number of carbonyl (C=O) groups excluding carboxylic acids is 2. The van der Waals surface area contributed by atoms with Crippen molar-refractivity contribution >= 4 is 33.4 Å². The fraction of sp³-hybridized carbons (Fsp3) is 0.300. The summed E-state index contributed by atoms with van der Waals surface area (Å²) in [6, 6.07) is 13.3. The summed E-state index contributed by atoms with van der Waals surface area (Å²) in [5.41, 5.74) is 0.430. The van der Waals surface area contributed by atoms with Crippen molar-refractivity contribution in [3.8, 4) is 0 Å². The molecule has 2 aromatic carbocycles. The summed E-state index contributed by atoms with van der Waals surface area (Å²) in [6.07, 6.45) is -0.124. The molecule has 0 bridgehead atoms. The molecular weight excluding hydrogens is 402 g/mol. The van der Waals surface area contributed by atoms with Gasteiger partial charge in [-0.15, -0.1) is 0 Å². The highest BCUT2D eigenvalue weighted by molar-refractivity contribution is 7.89. The first-order valence-electron chi connectivity index (χ1n) is 8.88. The predicted molar refractivity (Wildman–Crippen MR) is 105 cm³/mol. The summed E-state index contributed by atoms with van der Waals surface area (Å²) in [4.78, 5) is 25.1. The van der Waals surface area contributed by atoms with E-state index in [0.717, 1.165) is 4.31 Å². The molecule has 2 atom stereocenters. The van der Waals surface area contributed by atoms with E-state index < -0.39 is 28.1 Å². The van der Waals surface area contributed by atoms with E-state index in [9.17, 15) is 18.0 Å². The Bertz CT molecular complexity index is 960. The largest absolute Gasteiger partial charge is 0.453 e. The molecule has 1 saturated heterocycles. The molecule has 1 aliphatic rings. The molecule has 6 nitrogen and oxygen atoms in total. The average Bonchev–Trinajstić information content (AvgIpc) is 3.19. The number of sulfonamides is 1. The Morgan fingerprint density at radius 2 is 1.75 bits per heavy atom.